The van der Waals surface area contributed by atoms with E-state index in [0.29, 0.717) is 6.04 Å². The Balaban J connectivity index is 0.00000128. The lowest BCUT2D eigenvalue weighted by Gasteiger charge is -2.32. The van der Waals surface area contributed by atoms with Crippen molar-refractivity contribution < 1.29 is 0 Å². The number of halogens is 1. The molecule has 0 amide bonds. The van der Waals surface area contributed by atoms with E-state index < -0.39 is 0 Å². The number of likely N-dealkylation sites (N-methyl/N-ethyl adjacent to an activating group) is 1. The van der Waals surface area contributed by atoms with Crippen molar-refractivity contribution in [1.29, 1.82) is 0 Å². The van der Waals surface area contributed by atoms with Crippen molar-refractivity contribution in [2.45, 2.75) is 25.8 Å². The van der Waals surface area contributed by atoms with Gasteiger partial charge >= 0.3 is 0 Å². The molecule has 0 aromatic carbocycles. The molecule has 1 aromatic rings. The van der Waals surface area contributed by atoms with Crippen molar-refractivity contribution in [2.24, 2.45) is 0 Å². The minimum atomic E-state index is 0. The van der Waals surface area contributed by atoms with Crippen molar-refractivity contribution in [2.75, 3.05) is 25.0 Å². The Hall–Kier alpha value is -0.870. The number of hydrogen-bond donors (Lipinski definition) is 1. The van der Waals surface area contributed by atoms with Gasteiger partial charge in [0.1, 0.15) is 0 Å². The minimum Gasteiger partial charge on any atom is -0.354 e. The first-order valence-electron chi connectivity index (χ1n) is 5.51. The van der Waals surface area contributed by atoms with E-state index in [0.717, 1.165) is 24.6 Å². The fourth-order valence-electron chi connectivity index (χ4n) is 1.93. The molecule has 2 rings (SSSR count). The lowest BCUT2D eigenvalue weighted by Crippen LogP contribution is -2.44. The lowest BCUT2D eigenvalue weighted by atomic mass is 10.1. The van der Waals surface area contributed by atoms with E-state index in [2.05, 4.69) is 27.5 Å². The summed E-state index contributed by atoms with van der Waals surface area (Å²) in [7, 11) is 2.09. The largest absolute Gasteiger partial charge is 0.354 e. The lowest BCUT2D eigenvalue weighted by molar-refractivity contribution is 0.442. The number of nitrogens with zero attached hydrogens (tertiary/aromatic N) is 3. The SMILES string of the molecule is Cc1ccc(N(C)[C@@H]2CCCNC2)nn1.Cl. The third-order valence-electron chi connectivity index (χ3n) is 2.96. The molecule has 1 N–H and O–H groups in total. The molecule has 1 atom stereocenters. The van der Waals surface area contributed by atoms with E-state index in [-0.39, 0.29) is 12.4 Å². The van der Waals surface area contributed by atoms with Crippen LogP contribution in [0.1, 0.15) is 18.5 Å². The smallest absolute Gasteiger partial charge is 0.151 e. The fourth-order valence-corrected chi connectivity index (χ4v) is 1.93. The second-order valence-corrected chi connectivity index (χ2v) is 4.14. The summed E-state index contributed by atoms with van der Waals surface area (Å²) >= 11 is 0. The number of hydrogen-bond acceptors (Lipinski definition) is 4. The number of piperidine rings is 1. The first-order chi connectivity index (χ1) is 7.27. The Morgan fingerprint density at radius 1 is 1.38 bits per heavy atom. The zero-order valence-electron chi connectivity index (χ0n) is 9.81. The second-order valence-electron chi connectivity index (χ2n) is 4.14. The van der Waals surface area contributed by atoms with Crippen molar-refractivity contribution in [3.8, 4) is 0 Å². The molecule has 1 aromatic heterocycles. The maximum atomic E-state index is 4.20. The van der Waals surface area contributed by atoms with Crippen LogP contribution in [-0.2, 0) is 0 Å². The molecule has 0 unspecified atom stereocenters. The highest BCUT2D eigenvalue weighted by Gasteiger charge is 2.18. The van der Waals surface area contributed by atoms with E-state index in [4.69, 9.17) is 0 Å². The normalized spacial score (nSPS) is 20.0. The summed E-state index contributed by atoms with van der Waals surface area (Å²) in [4.78, 5) is 2.22. The minimum absolute atomic E-state index is 0. The number of aromatic nitrogens is 2. The molecule has 5 heteroatoms. The van der Waals surface area contributed by atoms with Crippen LogP contribution < -0.4 is 10.2 Å². The van der Waals surface area contributed by atoms with E-state index in [1.165, 1.54) is 12.8 Å². The standard InChI is InChI=1S/C11H18N4.ClH/c1-9-5-6-11(14-13-9)15(2)10-4-3-7-12-8-10;/h5-6,10,12H,3-4,7-8H2,1-2H3;1H/t10-;/m1./s1. The van der Waals surface area contributed by atoms with Gasteiger partial charge in [0.25, 0.3) is 0 Å². The number of rotatable bonds is 2. The molecule has 1 aliphatic rings. The first kappa shape index (κ1) is 13.2. The van der Waals surface area contributed by atoms with Crippen LogP contribution in [0.3, 0.4) is 0 Å². The number of nitrogens with one attached hydrogen (secondary N) is 1. The van der Waals surface area contributed by atoms with Crippen molar-refractivity contribution in [3.63, 3.8) is 0 Å². The van der Waals surface area contributed by atoms with Gasteiger partial charge < -0.3 is 10.2 Å². The van der Waals surface area contributed by atoms with Crippen LogP contribution in [0.25, 0.3) is 0 Å². The summed E-state index contributed by atoms with van der Waals surface area (Å²) < 4.78 is 0. The molecule has 90 valence electrons. The van der Waals surface area contributed by atoms with E-state index in [9.17, 15) is 0 Å². The molecule has 0 radical (unpaired) electrons. The van der Waals surface area contributed by atoms with Crippen LogP contribution in [0.15, 0.2) is 12.1 Å². The van der Waals surface area contributed by atoms with Crippen LogP contribution in [0.2, 0.25) is 0 Å². The quantitative estimate of drug-likeness (QED) is 0.851. The molecular formula is C11H19ClN4. The molecule has 0 aliphatic carbocycles. The first-order valence-corrected chi connectivity index (χ1v) is 5.51. The van der Waals surface area contributed by atoms with Crippen molar-refractivity contribution in [3.05, 3.63) is 17.8 Å². The monoisotopic (exact) mass is 242 g/mol. The molecule has 1 fully saturated rings. The maximum absolute atomic E-state index is 4.20. The summed E-state index contributed by atoms with van der Waals surface area (Å²) in [5.74, 6) is 0.967. The predicted molar refractivity (Wildman–Crippen MR) is 68.3 cm³/mol. The fraction of sp³-hybridized carbons (Fsp3) is 0.636. The van der Waals surface area contributed by atoms with Gasteiger partial charge in [-0.2, -0.15) is 5.10 Å². The van der Waals surface area contributed by atoms with E-state index >= 15 is 0 Å². The number of aryl methyl sites for hydroxylation is 1. The third-order valence-corrected chi connectivity index (χ3v) is 2.96. The molecule has 0 spiro atoms. The van der Waals surface area contributed by atoms with E-state index in [1.54, 1.807) is 0 Å². The zero-order chi connectivity index (χ0) is 10.7. The van der Waals surface area contributed by atoms with Gasteiger partial charge in [0.05, 0.1) is 5.69 Å². The zero-order valence-corrected chi connectivity index (χ0v) is 10.6. The Morgan fingerprint density at radius 2 is 2.19 bits per heavy atom. The Bertz CT molecular complexity index is 308. The highest BCUT2D eigenvalue weighted by Crippen LogP contribution is 2.15. The Morgan fingerprint density at radius 3 is 2.75 bits per heavy atom. The van der Waals surface area contributed by atoms with Gasteiger partial charge in [-0.25, -0.2) is 0 Å². The van der Waals surface area contributed by atoms with Gasteiger partial charge in [-0.3, -0.25) is 0 Å². The van der Waals surface area contributed by atoms with Crippen LogP contribution in [0, 0.1) is 6.92 Å². The summed E-state index contributed by atoms with van der Waals surface area (Å²) in [5, 5.41) is 11.7. The van der Waals surface area contributed by atoms with Gasteiger partial charge in [0.15, 0.2) is 5.82 Å². The second kappa shape index (κ2) is 6.01. The average Bonchev–Trinajstić information content (AvgIpc) is 2.30. The van der Waals surface area contributed by atoms with Crippen molar-refractivity contribution >= 4 is 18.2 Å². The molecule has 1 saturated heterocycles. The third kappa shape index (κ3) is 3.06. The van der Waals surface area contributed by atoms with Crippen LogP contribution in [-0.4, -0.2) is 36.4 Å². The summed E-state index contributed by atoms with van der Waals surface area (Å²) in [6.07, 6.45) is 2.48. The molecule has 0 bridgehead atoms. The van der Waals surface area contributed by atoms with Crippen LogP contribution in [0.4, 0.5) is 5.82 Å². The Labute approximate surface area is 103 Å². The maximum Gasteiger partial charge on any atom is 0.151 e. The summed E-state index contributed by atoms with van der Waals surface area (Å²) in [6, 6.07) is 4.60. The molecular weight excluding hydrogens is 224 g/mol. The van der Waals surface area contributed by atoms with Gasteiger partial charge in [-0.15, -0.1) is 17.5 Å². The van der Waals surface area contributed by atoms with Gasteiger partial charge in [0.2, 0.25) is 0 Å². The van der Waals surface area contributed by atoms with Gasteiger partial charge in [-0.05, 0) is 38.4 Å². The van der Waals surface area contributed by atoms with E-state index in [1.807, 2.05) is 19.1 Å². The molecule has 4 nitrogen and oxygen atoms in total. The molecule has 16 heavy (non-hydrogen) atoms. The molecule has 2 heterocycles. The summed E-state index contributed by atoms with van der Waals surface area (Å²) in [6.45, 7) is 4.15. The van der Waals surface area contributed by atoms with Gasteiger partial charge in [0, 0.05) is 19.6 Å². The summed E-state index contributed by atoms with van der Waals surface area (Å²) in [5.41, 5.74) is 0.967. The van der Waals surface area contributed by atoms with Gasteiger partial charge in [-0.1, -0.05) is 0 Å². The van der Waals surface area contributed by atoms with Crippen LogP contribution in [0.5, 0.6) is 0 Å². The highest BCUT2D eigenvalue weighted by molar-refractivity contribution is 5.85. The topological polar surface area (TPSA) is 41.0 Å². The van der Waals surface area contributed by atoms with Crippen molar-refractivity contribution in [1.82, 2.24) is 15.5 Å². The highest BCUT2D eigenvalue weighted by atomic mass is 35.5. The average molecular weight is 243 g/mol. The molecule has 0 saturated carbocycles. The predicted octanol–water partition coefficient (Wildman–Crippen LogP) is 1.40. The molecule has 1 aliphatic heterocycles. The Kier molecular flexibility index (Phi) is 4.96. The van der Waals surface area contributed by atoms with Crippen LogP contribution >= 0.6 is 12.4 Å². The number of anilines is 1.